The highest BCUT2D eigenvalue weighted by atomic mass is 19.4. The first-order chi connectivity index (χ1) is 14.1. The Labute approximate surface area is 167 Å². The zero-order chi connectivity index (χ0) is 22.1. The molecular formula is C19H15F3N4O4. The molecule has 0 saturated heterocycles. The van der Waals surface area contributed by atoms with Crippen LogP contribution in [0.25, 0.3) is 16.8 Å². The number of nitrogens with zero attached hydrogens (tertiary/aromatic N) is 3. The van der Waals surface area contributed by atoms with Crippen molar-refractivity contribution in [3.8, 4) is 22.6 Å². The second kappa shape index (κ2) is 7.85. The summed E-state index contributed by atoms with van der Waals surface area (Å²) in [6.45, 7) is 0.913. The Morgan fingerprint density at radius 2 is 1.83 bits per heavy atom. The van der Waals surface area contributed by atoms with Crippen LogP contribution in [-0.4, -0.2) is 43.4 Å². The van der Waals surface area contributed by atoms with Gasteiger partial charge in [0, 0.05) is 29.1 Å². The molecule has 0 aliphatic carbocycles. The Hall–Kier alpha value is -3.89. The van der Waals surface area contributed by atoms with Gasteiger partial charge in [-0.25, -0.2) is 9.67 Å². The van der Waals surface area contributed by atoms with Crippen LogP contribution in [0.2, 0.25) is 0 Å². The van der Waals surface area contributed by atoms with Crippen molar-refractivity contribution >= 4 is 11.9 Å². The zero-order valence-electron chi connectivity index (χ0n) is 15.4. The van der Waals surface area contributed by atoms with Crippen LogP contribution in [0.15, 0.2) is 42.9 Å². The quantitative estimate of drug-likeness (QED) is 0.584. The van der Waals surface area contributed by atoms with Crippen molar-refractivity contribution in [1.29, 1.82) is 0 Å². The average molecular weight is 420 g/mol. The molecule has 0 atom stereocenters. The molecule has 0 aliphatic heterocycles. The Bertz CT molecular complexity index is 1110. The summed E-state index contributed by atoms with van der Waals surface area (Å²) in [6, 6.07) is 4.44. The van der Waals surface area contributed by atoms with Crippen molar-refractivity contribution in [2.45, 2.75) is 13.1 Å². The minimum absolute atomic E-state index is 0.303. The lowest BCUT2D eigenvalue weighted by Gasteiger charge is -2.10. The van der Waals surface area contributed by atoms with Gasteiger partial charge in [-0.3, -0.25) is 9.59 Å². The summed E-state index contributed by atoms with van der Waals surface area (Å²) in [6.07, 6.45) is -0.146. The van der Waals surface area contributed by atoms with E-state index < -0.39 is 35.9 Å². The van der Waals surface area contributed by atoms with Gasteiger partial charge < -0.3 is 15.5 Å². The molecule has 3 aromatic rings. The number of rotatable bonds is 5. The van der Waals surface area contributed by atoms with Gasteiger partial charge in [0.2, 0.25) is 0 Å². The first kappa shape index (κ1) is 20.8. The molecule has 0 saturated carbocycles. The predicted molar refractivity (Wildman–Crippen MR) is 98.2 cm³/mol. The van der Waals surface area contributed by atoms with Crippen molar-refractivity contribution in [2.24, 2.45) is 0 Å². The van der Waals surface area contributed by atoms with Gasteiger partial charge in [-0.2, -0.15) is 18.3 Å². The standard InChI is InChI=1S/C19H15F3N4O4/c1-10-14(7-23-16(17(10)29)18(30)24-8-15(27)28)11-6-25-26(9-11)13-4-2-12(3-5-13)19(20,21)22/h2-7,9,29H,8H2,1H3,(H,24,30)(H,27,28). The Morgan fingerprint density at radius 1 is 1.17 bits per heavy atom. The van der Waals surface area contributed by atoms with Gasteiger partial charge in [-0.1, -0.05) is 0 Å². The maximum atomic E-state index is 12.7. The smallest absolute Gasteiger partial charge is 0.416 e. The van der Waals surface area contributed by atoms with E-state index in [2.05, 4.69) is 15.4 Å². The van der Waals surface area contributed by atoms with Crippen LogP contribution in [0.5, 0.6) is 5.75 Å². The SMILES string of the molecule is Cc1c(-c2cnn(-c3ccc(C(F)(F)F)cc3)c2)cnc(C(=O)NCC(=O)O)c1O. The van der Waals surface area contributed by atoms with E-state index in [4.69, 9.17) is 5.11 Å². The minimum atomic E-state index is -4.44. The molecule has 3 N–H and O–H groups in total. The van der Waals surface area contributed by atoms with E-state index in [0.29, 0.717) is 22.4 Å². The number of carboxylic acids is 1. The molecule has 0 fully saturated rings. The molecule has 1 aromatic carbocycles. The van der Waals surface area contributed by atoms with Crippen molar-refractivity contribution in [1.82, 2.24) is 20.1 Å². The van der Waals surface area contributed by atoms with E-state index in [0.717, 1.165) is 12.1 Å². The van der Waals surface area contributed by atoms with E-state index in [-0.39, 0.29) is 5.69 Å². The van der Waals surface area contributed by atoms with Crippen molar-refractivity contribution in [3.05, 3.63) is 59.7 Å². The van der Waals surface area contributed by atoms with Crippen molar-refractivity contribution < 1.29 is 33.0 Å². The normalized spacial score (nSPS) is 11.3. The molecule has 30 heavy (non-hydrogen) atoms. The fourth-order valence-electron chi connectivity index (χ4n) is 2.70. The van der Waals surface area contributed by atoms with E-state index in [1.165, 1.54) is 42.3 Å². The van der Waals surface area contributed by atoms with Gasteiger partial charge in [0.25, 0.3) is 5.91 Å². The minimum Gasteiger partial charge on any atom is -0.505 e. The molecule has 11 heteroatoms. The molecular weight excluding hydrogens is 405 g/mol. The van der Waals surface area contributed by atoms with Crippen LogP contribution in [0, 0.1) is 6.92 Å². The highest BCUT2D eigenvalue weighted by molar-refractivity contribution is 5.97. The monoisotopic (exact) mass is 420 g/mol. The van der Waals surface area contributed by atoms with Crippen LogP contribution >= 0.6 is 0 Å². The second-order valence-corrected chi connectivity index (χ2v) is 6.29. The van der Waals surface area contributed by atoms with Gasteiger partial charge in [0.15, 0.2) is 5.69 Å². The summed E-state index contributed by atoms with van der Waals surface area (Å²) in [5.74, 6) is -2.51. The third kappa shape index (κ3) is 4.24. The van der Waals surface area contributed by atoms with Crippen LogP contribution in [0.1, 0.15) is 21.6 Å². The molecule has 0 unspecified atom stereocenters. The van der Waals surface area contributed by atoms with E-state index >= 15 is 0 Å². The van der Waals surface area contributed by atoms with Crippen LogP contribution < -0.4 is 5.32 Å². The Kier molecular flexibility index (Phi) is 5.45. The number of carbonyl (C=O) groups is 2. The molecule has 3 rings (SSSR count). The van der Waals surface area contributed by atoms with Gasteiger partial charge in [-0.05, 0) is 31.2 Å². The third-order valence-corrected chi connectivity index (χ3v) is 4.27. The molecule has 156 valence electrons. The molecule has 8 nitrogen and oxygen atoms in total. The lowest BCUT2D eigenvalue weighted by atomic mass is 10.0. The summed E-state index contributed by atoms with van der Waals surface area (Å²) in [5.41, 5.74) is 0.548. The lowest BCUT2D eigenvalue weighted by molar-refractivity contribution is -0.138. The number of benzene rings is 1. The summed E-state index contributed by atoms with van der Waals surface area (Å²) in [4.78, 5) is 26.4. The number of aliphatic carboxylic acids is 1. The van der Waals surface area contributed by atoms with Gasteiger partial charge in [0.05, 0.1) is 17.4 Å². The summed E-state index contributed by atoms with van der Waals surface area (Å²) in [5, 5.41) is 25.1. The largest absolute Gasteiger partial charge is 0.505 e. The third-order valence-electron chi connectivity index (χ3n) is 4.27. The molecule has 2 heterocycles. The maximum Gasteiger partial charge on any atom is 0.416 e. The first-order valence-electron chi connectivity index (χ1n) is 8.49. The van der Waals surface area contributed by atoms with E-state index in [1.54, 1.807) is 0 Å². The van der Waals surface area contributed by atoms with E-state index in [9.17, 15) is 27.9 Å². The summed E-state index contributed by atoms with van der Waals surface area (Å²) < 4.78 is 39.4. The number of carbonyl (C=O) groups excluding carboxylic acids is 1. The molecule has 2 aromatic heterocycles. The van der Waals surface area contributed by atoms with Crippen molar-refractivity contribution in [2.75, 3.05) is 6.54 Å². The fraction of sp³-hybridized carbons (Fsp3) is 0.158. The molecule has 0 bridgehead atoms. The average Bonchev–Trinajstić information content (AvgIpc) is 3.17. The van der Waals surface area contributed by atoms with Gasteiger partial charge in [0.1, 0.15) is 12.3 Å². The molecule has 0 spiro atoms. The van der Waals surface area contributed by atoms with Gasteiger partial charge in [-0.15, -0.1) is 0 Å². The molecule has 0 radical (unpaired) electrons. The number of pyridine rings is 1. The second-order valence-electron chi connectivity index (χ2n) is 6.29. The number of nitrogens with one attached hydrogen (secondary N) is 1. The van der Waals surface area contributed by atoms with Crippen LogP contribution in [0.4, 0.5) is 13.2 Å². The Balaban J connectivity index is 1.87. The first-order valence-corrected chi connectivity index (χ1v) is 8.49. The highest BCUT2D eigenvalue weighted by Crippen LogP contribution is 2.32. The zero-order valence-corrected chi connectivity index (χ0v) is 15.4. The number of hydrogen-bond acceptors (Lipinski definition) is 5. The van der Waals surface area contributed by atoms with E-state index in [1.807, 2.05) is 0 Å². The topological polar surface area (TPSA) is 117 Å². The van der Waals surface area contributed by atoms with Gasteiger partial charge >= 0.3 is 12.1 Å². The summed E-state index contributed by atoms with van der Waals surface area (Å²) >= 11 is 0. The Morgan fingerprint density at radius 3 is 2.43 bits per heavy atom. The summed E-state index contributed by atoms with van der Waals surface area (Å²) in [7, 11) is 0. The number of hydrogen-bond donors (Lipinski definition) is 3. The van der Waals surface area contributed by atoms with Crippen LogP contribution in [0.3, 0.4) is 0 Å². The van der Waals surface area contributed by atoms with Crippen molar-refractivity contribution in [3.63, 3.8) is 0 Å². The molecule has 1 amide bonds. The number of amides is 1. The number of aromatic hydroxyl groups is 1. The fourth-order valence-corrected chi connectivity index (χ4v) is 2.70. The number of alkyl halides is 3. The predicted octanol–water partition coefficient (Wildman–Crippen LogP) is 2.78. The van der Waals surface area contributed by atoms with Crippen LogP contribution in [-0.2, 0) is 11.0 Å². The molecule has 0 aliphatic rings. The highest BCUT2D eigenvalue weighted by Gasteiger charge is 2.30. The number of carboxylic acid groups (broad SMARTS) is 1. The lowest BCUT2D eigenvalue weighted by Crippen LogP contribution is -2.30. The maximum absolute atomic E-state index is 12.7. The number of aromatic nitrogens is 3. The number of halogens is 3.